The van der Waals surface area contributed by atoms with Crippen LogP contribution in [0.5, 0.6) is 5.75 Å². The highest BCUT2D eigenvalue weighted by molar-refractivity contribution is 7.99. The molecular weight excluding hydrogens is 436 g/mol. The molecule has 0 saturated heterocycles. The lowest BCUT2D eigenvalue weighted by Gasteiger charge is -2.11. The van der Waals surface area contributed by atoms with E-state index in [1.165, 1.54) is 30.2 Å². The van der Waals surface area contributed by atoms with Gasteiger partial charge in [-0.25, -0.2) is 4.79 Å². The Hall–Kier alpha value is -2.85. The quantitative estimate of drug-likeness (QED) is 0.380. The molecule has 0 fully saturated rings. The summed E-state index contributed by atoms with van der Waals surface area (Å²) in [6.07, 6.45) is 0. The highest BCUT2D eigenvalue weighted by Gasteiger charge is 2.17. The first-order chi connectivity index (χ1) is 14.9. The minimum absolute atomic E-state index is 0.133. The second kappa shape index (κ2) is 10.5. The van der Waals surface area contributed by atoms with Gasteiger partial charge in [0.1, 0.15) is 17.4 Å². The number of ether oxygens (including phenoxy) is 2. The van der Waals surface area contributed by atoms with E-state index in [4.69, 9.17) is 9.47 Å². The molecule has 3 rings (SSSR count). The molecular formula is C21H24N4O4S2. The number of hydrogen-bond donors (Lipinski definition) is 1. The van der Waals surface area contributed by atoms with Gasteiger partial charge in [0.05, 0.1) is 18.4 Å². The molecule has 3 aromatic rings. The lowest BCUT2D eigenvalue weighted by atomic mass is 10.1. The molecule has 1 N–H and O–H groups in total. The maximum atomic E-state index is 12.4. The van der Waals surface area contributed by atoms with Gasteiger partial charge in [-0.3, -0.25) is 4.79 Å². The van der Waals surface area contributed by atoms with Crippen LogP contribution in [0.15, 0.2) is 34.8 Å². The maximum absolute atomic E-state index is 12.4. The Morgan fingerprint density at radius 1 is 1.23 bits per heavy atom. The van der Waals surface area contributed by atoms with Crippen molar-refractivity contribution >= 4 is 40.0 Å². The molecule has 0 atom stereocenters. The van der Waals surface area contributed by atoms with Crippen LogP contribution in [0.25, 0.3) is 0 Å². The van der Waals surface area contributed by atoms with Gasteiger partial charge in [0.15, 0.2) is 11.0 Å². The summed E-state index contributed by atoms with van der Waals surface area (Å²) in [7, 11) is 1.31. The van der Waals surface area contributed by atoms with Crippen LogP contribution in [0.4, 0.5) is 5.00 Å². The molecule has 0 aliphatic rings. The molecule has 2 heterocycles. The number of amides is 1. The van der Waals surface area contributed by atoms with Gasteiger partial charge < -0.3 is 19.4 Å². The average Bonchev–Trinajstić information content (AvgIpc) is 3.39. The number of anilines is 1. The third-order valence-corrected chi connectivity index (χ3v) is 6.47. The zero-order chi connectivity index (χ0) is 22.4. The van der Waals surface area contributed by atoms with Crippen molar-refractivity contribution in [3.05, 3.63) is 52.2 Å². The largest absolute Gasteiger partial charge is 0.485 e. The fourth-order valence-electron chi connectivity index (χ4n) is 2.84. The van der Waals surface area contributed by atoms with Crippen LogP contribution in [0, 0.1) is 13.8 Å². The number of rotatable bonds is 9. The molecule has 164 valence electrons. The Kier molecular flexibility index (Phi) is 7.69. The minimum atomic E-state index is -0.483. The molecule has 8 nitrogen and oxygen atoms in total. The standard InChI is InChI=1S/C21H24N4O4S2/c1-5-25-17(11-29-16-8-6-7-13(2)14(16)3)23-24-21(25)31-12-18(26)22-19-15(9-10-30-19)20(27)28-4/h6-10H,5,11-12H2,1-4H3,(H,22,26). The van der Waals surface area contributed by atoms with E-state index in [9.17, 15) is 9.59 Å². The van der Waals surface area contributed by atoms with Crippen molar-refractivity contribution in [1.29, 1.82) is 0 Å². The third-order valence-electron chi connectivity index (χ3n) is 4.68. The second-order valence-electron chi connectivity index (χ2n) is 6.62. The van der Waals surface area contributed by atoms with Gasteiger partial charge in [-0.15, -0.1) is 21.5 Å². The number of thiophene rings is 1. The smallest absolute Gasteiger partial charge is 0.340 e. The minimum Gasteiger partial charge on any atom is -0.485 e. The van der Waals surface area contributed by atoms with E-state index in [2.05, 4.69) is 15.5 Å². The van der Waals surface area contributed by atoms with Crippen LogP contribution in [0.3, 0.4) is 0 Å². The van der Waals surface area contributed by atoms with E-state index in [0.29, 0.717) is 28.1 Å². The Morgan fingerprint density at radius 3 is 2.77 bits per heavy atom. The lowest BCUT2D eigenvalue weighted by Crippen LogP contribution is -2.16. The zero-order valence-corrected chi connectivity index (χ0v) is 19.4. The summed E-state index contributed by atoms with van der Waals surface area (Å²) in [5.41, 5.74) is 2.60. The highest BCUT2D eigenvalue weighted by Crippen LogP contribution is 2.25. The second-order valence-corrected chi connectivity index (χ2v) is 8.48. The summed E-state index contributed by atoms with van der Waals surface area (Å²) in [5, 5.41) is 14.0. The summed E-state index contributed by atoms with van der Waals surface area (Å²) < 4.78 is 12.6. The Morgan fingerprint density at radius 2 is 2.03 bits per heavy atom. The van der Waals surface area contributed by atoms with Gasteiger partial charge >= 0.3 is 5.97 Å². The number of nitrogens with zero attached hydrogens (tertiary/aromatic N) is 3. The fourth-order valence-corrected chi connectivity index (χ4v) is 4.46. The number of methoxy groups -OCH3 is 1. The van der Waals surface area contributed by atoms with E-state index < -0.39 is 5.97 Å². The van der Waals surface area contributed by atoms with Crippen LogP contribution in [-0.2, 0) is 22.7 Å². The Labute approximate surface area is 189 Å². The number of nitrogens with one attached hydrogen (secondary N) is 1. The van der Waals surface area contributed by atoms with Gasteiger partial charge in [-0.05, 0) is 49.4 Å². The molecule has 0 aliphatic heterocycles. The van der Waals surface area contributed by atoms with Crippen molar-refractivity contribution in [2.24, 2.45) is 0 Å². The molecule has 0 saturated carbocycles. The number of carbonyl (C=O) groups is 2. The Bertz CT molecular complexity index is 1080. The van der Waals surface area contributed by atoms with Crippen LogP contribution >= 0.6 is 23.1 Å². The number of aryl methyl sites for hydroxylation is 1. The molecule has 0 aliphatic carbocycles. The lowest BCUT2D eigenvalue weighted by molar-refractivity contribution is -0.113. The molecule has 0 unspecified atom stereocenters. The summed E-state index contributed by atoms with van der Waals surface area (Å²) in [6, 6.07) is 7.56. The van der Waals surface area contributed by atoms with Crippen molar-refractivity contribution < 1.29 is 19.1 Å². The van der Waals surface area contributed by atoms with Crippen molar-refractivity contribution in [3.63, 3.8) is 0 Å². The molecule has 1 aromatic carbocycles. The average molecular weight is 461 g/mol. The number of thioether (sulfide) groups is 1. The molecule has 0 radical (unpaired) electrons. The molecule has 0 bridgehead atoms. The number of esters is 1. The normalized spacial score (nSPS) is 10.7. The molecule has 10 heteroatoms. The van der Waals surface area contributed by atoms with Crippen molar-refractivity contribution in [3.8, 4) is 5.75 Å². The van der Waals surface area contributed by atoms with E-state index >= 15 is 0 Å². The maximum Gasteiger partial charge on any atom is 0.340 e. The summed E-state index contributed by atoms with van der Waals surface area (Å²) in [4.78, 5) is 24.1. The molecule has 1 amide bonds. The predicted octanol–water partition coefficient (Wildman–Crippen LogP) is 4.07. The number of aromatic nitrogens is 3. The SMILES string of the molecule is CCn1c(COc2cccc(C)c2C)nnc1SCC(=O)Nc1sccc1C(=O)OC. The van der Waals surface area contributed by atoms with E-state index in [-0.39, 0.29) is 18.3 Å². The molecule has 2 aromatic heterocycles. The van der Waals surface area contributed by atoms with Crippen molar-refractivity contribution in [2.75, 3.05) is 18.2 Å². The van der Waals surface area contributed by atoms with Crippen LogP contribution in [0.2, 0.25) is 0 Å². The van der Waals surface area contributed by atoms with Crippen LogP contribution in [-0.4, -0.2) is 39.5 Å². The predicted molar refractivity (Wildman–Crippen MR) is 121 cm³/mol. The third kappa shape index (κ3) is 5.45. The first-order valence-corrected chi connectivity index (χ1v) is 11.5. The first-order valence-electron chi connectivity index (χ1n) is 9.64. The fraction of sp³-hybridized carbons (Fsp3) is 0.333. The summed E-state index contributed by atoms with van der Waals surface area (Å²) >= 11 is 2.55. The van der Waals surface area contributed by atoms with Crippen LogP contribution in [0.1, 0.15) is 34.2 Å². The summed E-state index contributed by atoms with van der Waals surface area (Å²) in [5.74, 6) is 0.920. The van der Waals surface area contributed by atoms with E-state index in [1.807, 2.05) is 43.5 Å². The van der Waals surface area contributed by atoms with E-state index in [0.717, 1.165) is 16.9 Å². The van der Waals surface area contributed by atoms with Gasteiger partial charge in [0, 0.05) is 6.54 Å². The molecule has 0 spiro atoms. The topological polar surface area (TPSA) is 95.3 Å². The number of benzene rings is 1. The monoisotopic (exact) mass is 460 g/mol. The van der Waals surface area contributed by atoms with Crippen LogP contribution < -0.4 is 10.1 Å². The summed E-state index contributed by atoms with van der Waals surface area (Å²) in [6.45, 7) is 6.99. The number of hydrogen-bond acceptors (Lipinski definition) is 8. The van der Waals surface area contributed by atoms with Gasteiger partial charge in [0.25, 0.3) is 0 Å². The highest BCUT2D eigenvalue weighted by atomic mass is 32.2. The van der Waals surface area contributed by atoms with Gasteiger partial charge in [-0.2, -0.15) is 0 Å². The van der Waals surface area contributed by atoms with Crippen molar-refractivity contribution in [1.82, 2.24) is 14.8 Å². The van der Waals surface area contributed by atoms with Gasteiger partial charge in [0.2, 0.25) is 5.91 Å². The Balaban J connectivity index is 1.60. The number of carbonyl (C=O) groups excluding carboxylic acids is 2. The first kappa shape index (κ1) is 22.8. The van der Waals surface area contributed by atoms with E-state index in [1.54, 1.807) is 11.4 Å². The molecule has 31 heavy (non-hydrogen) atoms. The zero-order valence-electron chi connectivity index (χ0n) is 17.8. The van der Waals surface area contributed by atoms with Crippen molar-refractivity contribution in [2.45, 2.75) is 39.1 Å². The van der Waals surface area contributed by atoms with Gasteiger partial charge in [-0.1, -0.05) is 23.9 Å².